The number of nitrogens with zero attached hydrogens (tertiary/aromatic N) is 1. The van der Waals surface area contributed by atoms with Crippen LogP contribution in [0.5, 0.6) is 0 Å². The van der Waals surface area contributed by atoms with Gasteiger partial charge in [0.2, 0.25) is 0 Å². The first-order valence-electron chi connectivity index (χ1n) is 8.30. The largest absolute Gasteiger partial charge is 0.366 e. The summed E-state index contributed by atoms with van der Waals surface area (Å²) in [6.07, 6.45) is 6.67. The molecule has 1 aliphatic heterocycles. The number of anilines is 1. The fourth-order valence-electron chi connectivity index (χ4n) is 3.52. The smallest absolute Gasteiger partial charge is 0.0373 e. The molecular formula is C18H28N2. The van der Waals surface area contributed by atoms with Gasteiger partial charge in [0.15, 0.2) is 0 Å². The van der Waals surface area contributed by atoms with Crippen LogP contribution in [0.4, 0.5) is 5.69 Å². The fraction of sp³-hybridized carbons (Fsp3) is 0.667. The second-order valence-electron chi connectivity index (χ2n) is 6.66. The second-order valence-corrected chi connectivity index (χ2v) is 6.66. The summed E-state index contributed by atoms with van der Waals surface area (Å²) in [6, 6.07) is 9.28. The summed E-state index contributed by atoms with van der Waals surface area (Å²) in [5, 5.41) is 3.62. The Morgan fingerprint density at radius 2 is 2.00 bits per heavy atom. The highest BCUT2D eigenvalue weighted by Gasteiger charge is 2.29. The van der Waals surface area contributed by atoms with Gasteiger partial charge in [0.05, 0.1) is 0 Å². The molecule has 2 atom stereocenters. The third-order valence-electron chi connectivity index (χ3n) is 5.04. The van der Waals surface area contributed by atoms with Gasteiger partial charge in [-0.2, -0.15) is 0 Å². The molecule has 0 radical (unpaired) electrons. The minimum absolute atomic E-state index is 0.690. The first-order valence-corrected chi connectivity index (χ1v) is 8.30. The standard InChI is InChI=1S/C18H28N2/c1-4-17-9-5-14(3)20(17)18-10-6-15(13(2)11-18)12-19-16-7-8-16/h6,10-11,14,16-17,19H,4-5,7-9,12H2,1-3H3. The molecule has 1 saturated carbocycles. The van der Waals surface area contributed by atoms with Gasteiger partial charge in [-0.25, -0.2) is 0 Å². The van der Waals surface area contributed by atoms with Crippen molar-refractivity contribution in [3.05, 3.63) is 29.3 Å². The Bertz CT molecular complexity index is 464. The van der Waals surface area contributed by atoms with E-state index in [0.29, 0.717) is 6.04 Å². The van der Waals surface area contributed by atoms with Gasteiger partial charge in [-0.1, -0.05) is 13.0 Å². The molecule has 0 spiro atoms. The molecule has 20 heavy (non-hydrogen) atoms. The van der Waals surface area contributed by atoms with E-state index in [1.807, 2.05) is 0 Å². The minimum atomic E-state index is 0.690. The van der Waals surface area contributed by atoms with Gasteiger partial charge in [0.25, 0.3) is 0 Å². The maximum Gasteiger partial charge on any atom is 0.0373 e. The number of benzene rings is 1. The van der Waals surface area contributed by atoms with Gasteiger partial charge in [0, 0.05) is 30.4 Å². The maximum absolute atomic E-state index is 3.62. The van der Waals surface area contributed by atoms with Crippen molar-refractivity contribution in [2.45, 2.75) is 77.5 Å². The van der Waals surface area contributed by atoms with Gasteiger partial charge in [-0.3, -0.25) is 0 Å². The van der Waals surface area contributed by atoms with Crippen LogP contribution in [0.2, 0.25) is 0 Å². The van der Waals surface area contributed by atoms with Gasteiger partial charge in [0.1, 0.15) is 0 Å². The molecule has 3 rings (SSSR count). The van der Waals surface area contributed by atoms with E-state index in [-0.39, 0.29) is 0 Å². The predicted molar refractivity (Wildman–Crippen MR) is 86.3 cm³/mol. The molecule has 1 saturated heterocycles. The van der Waals surface area contributed by atoms with Crippen LogP contribution in [0, 0.1) is 6.92 Å². The normalized spacial score (nSPS) is 26.2. The lowest BCUT2D eigenvalue weighted by Gasteiger charge is -2.31. The van der Waals surface area contributed by atoms with Crippen LogP contribution in [0.3, 0.4) is 0 Å². The van der Waals surface area contributed by atoms with Crippen molar-refractivity contribution in [2.75, 3.05) is 4.90 Å². The Balaban J connectivity index is 1.74. The zero-order valence-electron chi connectivity index (χ0n) is 13.2. The average Bonchev–Trinajstić information content (AvgIpc) is 3.19. The number of hydrogen-bond acceptors (Lipinski definition) is 2. The highest BCUT2D eigenvalue weighted by Crippen LogP contribution is 2.33. The SMILES string of the molecule is CCC1CCC(C)N1c1ccc(CNC2CC2)c(C)c1. The van der Waals surface area contributed by atoms with Crippen molar-refractivity contribution in [1.29, 1.82) is 0 Å². The van der Waals surface area contributed by atoms with Crippen LogP contribution in [0.15, 0.2) is 18.2 Å². The predicted octanol–water partition coefficient (Wildman–Crippen LogP) is 4.01. The Labute approximate surface area is 123 Å². The molecule has 2 unspecified atom stereocenters. The van der Waals surface area contributed by atoms with E-state index in [0.717, 1.165) is 18.6 Å². The van der Waals surface area contributed by atoms with Crippen LogP contribution in [0.25, 0.3) is 0 Å². The van der Waals surface area contributed by atoms with Crippen LogP contribution < -0.4 is 10.2 Å². The molecular weight excluding hydrogens is 244 g/mol. The van der Waals surface area contributed by atoms with Crippen LogP contribution in [-0.4, -0.2) is 18.1 Å². The van der Waals surface area contributed by atoms with Crippen LogP contribution in [-0.2, 0) is 6.54 Å². The zero-order valence-corrected chi connectivity index (χ0v) is 13.2. The third kappa shape index (κ3) is 2.85. The highest BCUT2D eigenvalue weighted by atomic mass is 15.2. The van der Waals surface area contributed by atoms with Crippen molar-refractivity contribution in [1.82, 2.24) is 5.32 Å². The molecule has 2 nitrogen and oxygen atoms in total. The lowest BCUT2D eigenvalue weighted by Crippen LogP contribution is -2.34. The zero-order chi connectivity index (χ0) is 14.1. The van der Waals surface area contributed by atoms with Gasteiger partial charge >= 0.3 is 0 Å². The maximum atomic E-state index is 3.62. The molecule has 1 aromatic rings. The molecule has 0 aromatic heterocycles. The van der Waals surface area contributed by atoms with E-state index in [1.165, 1.54) is 48.9 Å². The average molecular weight is 272 g/mol. The molecule has 110 valence electrons. The minimum Gasteiger partial charge on any atom is -0.366 e. The van der Waals surface area contributed by atoms with E-state index < -0.39 is 0 Å². The monoisotopic (exact) mass is 272 g/mol. The Kier molecular flexibility index (Phi) is 4.02. The molecule has 2 aliphatic rings. The van der Waals surface area contributed by atoms with Gasteiger partial charge < -0.3 is 10.2 Å². The second kappa shape index (κ2) is 5.77. The Morgan fingerprint density at radius 3 is 2.65 bits per heavy atom. The van der Waals surface area contributed by atoms with E-state index in [2.05, 4.69) is 49.2 Å². The quantitative estimate of drug-likeness (QED) is 0.871. The van der Waals surface area contributed by atoms with Crippen molar-refractivity contribution in [3.63, 3.8) is 0 Å². The molecule has 2 heteroatoms. The molecule has 1 heterocycles. The first-order chi connectivity index (χ1) is 9.69. The summed E-state index contributed by atoms with van der Waals surface area (Å²) in [6.45, 7) is 7.97. The van der Waals surface area contributed by atoms with Gasteiger partial charge in [-0.05, 0) is 69.2 Å². The van der Waals surface area contributed by atoms with Crippen molar-refractivity contribution >= 4 is 5.69 Å². The van der Waals surface area contributed by atoms with Crippen LogP contribution >= 0.6 is 0 Å². The highest BCUT2D eigenvalue weighted by molar-refractivity contribution is 5.53. The summed E-state index contributed by atoms with van der Waals surface area (Å²) in [7, 11) is 0. The summed E-state index contributed by atoms with van der Waals surface area (Å²) in [5.41, 5.74) is 4.32. The topological polar surface area (TPSA) is 15.3 Å². The van der Waals surface area contributed by atoms with Crippen molar-refractivity contribution in [2.24, 2.45) is 0 Å². The van der Waals surface area contributed by atoms with Crippen molar-refractivity contribution < 1.29 is 0 Å². The fourth-order valence-corrected chi connectivity index (χ4v) is 3.52. The summed E-state index contributed by atoms with van der Waals surface area (Å²) in [5.74, 6) is 0. The summed E-state index contributed by atoms with van der Waals surface area (Å²) >= 11 is 0. The van der Waals surface area contributed by atoms with Crippen molar-refractivity contribution in [3.8, 4) is 0 Å². The van der Waals surface area contributed by atoms with Gasteiger partial charge in [-0.15, -0.1) is 0 Å². The van der Waals surface area contributed by atoms with E-state index in [4.69, 9.17) is 0 Å². The third-order valence-corrected chi connectivity index (χ3v) is 5.04. The Morgan fingerprint density at radius 1 is 1.20 bits per heavy atom. The van der Waals surface area contributed by atoms with E-state index >= 15 is 0 Å². The molecule has 1 aromatic carbocycles. The lowest BCUT2D eigenvalue weighted by atomic mass is 10.1. The lowest BCUT2D eigenvalue weighted by molar-refractivity contribution is 0.627. The molecule has 1 N–H and O–H groups in total. The Hall–Kier alpha value is -1.02. The molecule has 0 bridgehead atoms. The molecule has 1 aliphatic carbocycles. The molecule has 0 amide bonds. The van der Waals surface area contributed by atoms with E-state index in [9.17, 15) is 0 Å². The number of aryl methyl sites for hydroxylation is 1. The summed E-state index contributed by atoms with van der Waals surface area (Å²) in [4.78, 5) is 2.64. The number of nitrogens with one attached hydrogen (secondary N) is 1. The first kappa shape index (κ1) is 13.9. The summed E-state index contributed by atoms with van der Waals surface area (Å²) < 4.78 is 0. The van der Waals surface area contributed by atoms with E-state index in [1.54, 1.807) is 0 Å². The van der Waals surface area contributed by atoms with Crippen LogP contribution in [0.1, 0.15) is 57.1 Å². The number of rotatable bonds is 5. The molecule has 2 fully saturated rings. The number of hydrogen-bond donors (Lipinski definition) is 1.